The van der Waals surface area contributed by atoms with Crippen LogP contribution in [0.3, 0.4) is 0 Å². The van der Waals surface area contributed by atoms with E-state index >= 15 is 0 Å². The molecule has 0 heterocycles. The molecule has 7 heteroatoms. The molecule has 0 aromatic carbocycles. The molecule has 4 nitrogen and oxygen atoms in total. The lowest BCUT2D eigenvalue weighted by Gasteiger charge is -2.13. The summed E-state index contributed by atoms with van der Waals surface area (Å²) in [5.41, 5.74) is 5.35. The predicted octanol–water partition coefficient (Wildman–Crippen LogP) is 0.878. The number of hydrogen-bond donors (Lipinski definition) is 2. The number of methoxy groups -OCH3 is 1. The number of nitrogens with two attached hydrogens (primary N) is 1. The molecule has 90 valence electrons. The Morgan fingerprint density at radius 1 is 1.53 bits per heavy atom. The summed E-state index contributed by atoms with van der Waals surface area (Å²) in [5.74, 6) is 0.00352. The van der Waals surface area contributed by atoms with Gasteiger partial charge in [0.05, 0.1) is 19.6 Å². The molecule has 0 saturated carbocycles. The lowest BCUT2D eigenvalue weighted by molar-refractivity contribution is -0.132. The highest BCUT2D eigenvalue weighted by Gasteiger charge is 2.26. The van der Waals surface area contributed by atoms with Gasteiger partial charge in [-0.2, -0.15) is 13.2 Å². The van der Waals surface area contributed by atoms with E-state index in [1.165, 1.54) is 7.11 Å². The Morgan fingerprint density at radius 3 is 2.60 bits per heavy atom. The zero-order valence-corrected chi connectivity index (χ0v) is 8.77. The molecule has 15 heavy (non-hydrogen) atoms. The second-order valence-corrected chi connectivity index (χ2v) is 3.13. The average Bonchev–Trinajstić information content (AvgIpc) is 2.01. The molecule has 0 aromatic rings. The van der Waals surface area contributed by atoms with E-state index in [1.807, 2.05) is 0 Å². The third-order valence-corrected chi connectivity index (χ3v) is 1.49. The van der Waals surface area contributed by atoms with E-state index in [1.54, 1.807) is 6.92 Å². The Kier molecular flexibility index (Phi) is 6.07. The second-order valence-electron chi connectivity index (χ2n) is 3.13. The number of ether oxygens (including phenoxy) is 1. The Morgan fingerprint density at radius 2 is 2.13 bits per heavy atom. The topological polar surface area (TPSA) is 59.6 Å². The molecule has 0 aliphatic carbocycles. The molecular formula is C8H16F3N3O. The standard InChI is InChI=1S/C8H16F3N3O/c1-6(5-15-2)14-7(12)13-4-3-8(9,10)11/h6H,3-5H2,1-2H3,(H3,12,13,14). The van der Waals surface area contributed by atoms with Gasteiger partial charge in [0.25, 0.3) is 0 Å². The van der Waals surface area contributed by atoms with Gasteiger partial charge in [0.15, 0.2) is 5.96 Å². The van der Waals surface area contributed by atoms with Crippen molar-refractivity contribution in [2.75, 3.05) is 20.3 Å². The van der Waals surface area contributed by atoms with Crippen LogP contribution in [0, 0.1) is 0 Å². The molecule has 3 N–H and O–H groups in total. The lowest BCUT2D eigenvalue weighted by atomic mass is 10.4. The van der Waals surface area contributed by atoms with Gasteiger partial charge >= 0.3 is 6.18 Å². The average molecular weight is 227 g/mol. The highest BCUT2D eigenvalue weighted by atomic mass is 19.4. The van der Waals surface area contributed by atoms with Crippen LogP contribution in [-0.4, -0.2) is 38.4 Å². The smallest absolute Gasteiger partial charge is 0.383 e. The van der Waals surface area contributed by atoms with Gasteiger partial charge in [-0.3, -0.25) is 4.99 Å². The molecule has 0 aromatic heterocycles. The van der Waals surface area contributed by atoms with Crippen molar-refractivity contribution in [1.29, 1.82) is 0 Å². The Hall–Kier alpha value is -0.980. The van der Waals surface area contributed by atoms with E-state index in [2.05, 4.69) is 10.3 Å². The summed E-state index contributed by atoms with van der Waals surface area (Å²) in [6, 6.07) is -0.0790. The fraction of sp³-hybridized carbons (Fsp3) is 0.875. The van der Waals surface area contributed by atoms with E-state index < -0.39 is 12.6 Å². The van der Waals surface area contributed by atoms with Crippen molar-refractivity contribution in [3.05, 3.63) is 0 Å². The van der Waals surface area contributed by atoms with Gasteiger partial charge < -0.3 is 15.8 Å². The first-order valence-electron chi connectivity index (χ1n) is 4.47. The number of nitrogens with zero attached hydrogens (tertiary/aromatic N) is 1. The van der Waals surface area contributed by atoms with Crippen molar-refractivity contribution in [3.8, 4) is 0 Å². The number of halogens is 3. The SMILES string of the molecule is COCC(C)NC(N)=NCCC(F)(F)F. The van der Waals surface area contributed by atoms with E-state index in [-0.39, 0.29) is 18.5 Å². The first-order chi connectivity index (χ1) is 6.85. The van der Waals surface area contributed by atoms with Crippen LogP contribution in [0.2, 0.25) is 0 Å². The van der Waals surface area contributed by atoms with Crippen LogP contribution in [0.25, 0.3) is 0 Å². The van der Waals surface area contributed by atoms with Crippen LogP contribution >= 0.6 is 0 Å². The summed E-state index contributed by atoms with van der Waals surface area (Å²) < 4.78 is 40.0. The minimum atomic E-state index is -4.19. The van der Waals surface area contributed by atoms with Gasteiger partial charge in [0, 0.05) is 13.2 Å². The van der Waals surface area contributed by atoms with Crippen LogP contribution in [0.5, 0.6) is 0 Å². The molecule has 0 rings (SSSR count). The van der Waals surface area contributed by atoms with Crippen LogP contribution in [0.1, 0.15) is 13.3 Å². The molecule has 0 aliphatic rings. The molecule has 1 unspecified atom stereocenters. The molecule has 1 atom stereocenters. The Bertz CT molecular complexity index is 206. The Labute approximate surface area is 86.7 Å². The highest BCUT2D eigenvalue weighted by Crippen LogP contribution is 2.18. The zero-order valence-electron chi connectivity index (χ0n) is 8.77. The van der Waals surface area contributed by atoms with Crippen LogP contribution < -0.4 is 11.1 Å². The molecule has 0 aliphatic heterocycles. The molecule has 0 fully saturated rings. The molecule has 0 saturated heterocycles. The number of aliphatic imine (C=N–C) groups is 1. The molecular weight excluding hydrogens is 211 g/mol. The first kappa shape index (κ1) is 14.0. The number of alkyl halides is 3. The Balaban J connectivity index is 3.79. The predicted molar refractivity (Wildman–Crippen MR) is 51.6 cm³/mol. The van der Waals surface area contributed by atoms with Crippen molar-refractivity contribution >= 4 is 5.96 Å². The summed E-state index contributed by atoms with van der Waals surface area (Å²) >= 11 is 0. The highest BCUT2D eigenvalue weighted by molar-refractivity contribution is 5.78. The van der Waals surface area contributed by atoms with Gasteiger partial charge in [-0.15, -0.1) is 0 Å². The molecule has 0 amide bonds. The quantitative estimate of drug-likeness (QED) is 0.541. The third kappa shape index (κ3) is 9.33. The van der Waals surface area contributed by atoms with Crippen LogP contribution in [0.15, 0.2) is 4.99 Å². The maximum Gasteiger partial charge on any atom is 0.390 e. The minimum absolute atomic E-state index is 0.00352. The maximum absolute atomic E-state index is 11.7. The zero-order chi connectivity index (χ0) is 11.9. The van der Waals surface area contributed by atoms with Crippen molar-refractivity contribution in [3.63, 3.8) is 0 Å². The van der Waals surface area contributed by atoms with E-state index in [4.69, 9.17) is 10.5 Å². The van der Waals surface area contributed by atoms with Crippen LogP contribution in [0.4, 0.5) is 13.2 Å². The number of rotatable bonds is 5. The number of nitrogens with one attached hydrogen (secondary N) is 1. The van der Waals surface area contributed by atoms with E-state index in [0.29, 0.717) is 6.61 Å². The number of hydrogen-bond acceptors (Lipinski definition) is 2. The normalized spacial score (nSPS) is 15.1. The summed E-state index contributed by atoms with van der Waals surface area (Å²) in [7, 11) is 1.52. The molecule has 0 bridgehead atoms. The van der Waals surface area contributed by atoms with E-state index in [0.717, 1.165) is 0 Å². The first-order valence-corrected chi connectivity index (χ1v) is 4.47. The van der Waals surface area contributed by atoms with Crippen molar-refractivity contribution in [2.45, 2.75) is 25.6 Å². The lowest BCUT2D eigenvalue weighted by Crippen LogP contribution is -2.40. The van der Waals surface area contributed by atoms with Crippen molar-refractivity contribution in [2.24, 2.45) is 10.7 Å². The van der Waals surface area contributed by atoms with Crippen molar-refractivity contribution in [1.82, 2.24) is 5.32 Å². The fourth-order valence-corrected chi connectivity index (χ4v) is 0.893. The summed E-state index contributed by atoms with van der Waals surface area (Å²) in [6.07, 6.45) is -5.16. The monoisotopic (exact) mass is 227 g/mol. The van der Waals surface area contributed by atoms with Gasteiger partial charge in [-0.1, -0.05) is 0 Å². The summed E-state index contributed by atoms with van der Waals surface area (Å²) in [4.78, 5) is 3.54. The molecule has 0 spiro atoms. The fourth-order valence-electron chi connectivity index (χ4n) is 0.893. The van der Waals surface area contributed by atoms with Gasteiger partial charge in [-0.05, 0) is 6.92 Å². The van der Waals surface area contributed by atoms with Crippen molar-refractivity contribution < 1.29 is 17.9 Å². The largest absolute Gasteiger partial charge is 0.390 e. The third-order valence-electron chi connectivity index (χ3n) is 1.49. The van der Waals surface area contributed by atoms with Gasteiger partial charge in [0.2, 0.25) is 0 Å². The van der Waals surface area contributed by atoms with E-state index in [9.17, 15) is 13.2 Å². The van der Waals surface area contributed by atoms with Crippen LogP contribution in [-0.2, 0) is 4.74 Å². The minimum Gasteiger partial charge on any atom is -0.383 e. The second kappa shape index (κ2) is 6.49. The summed E-state index contributed by atoms with van der Waals surface area (Å²) in [5, 5.41) is 2.70. The van der Waals surface area contributed by atoms with Gasteiger partial charge in [-0.25, -0.2) is 0 Å². The van der Waals surface area contributed by atoms with Gasteiger partial charge in [0.1, 0.15) is 0 Å². The number of guanidine groups is 1. The maximum atomic E-state index is 11.7. The molecule has 0 radical (unpaired) electrons. The summed E-state index contributed by atoms with van der Waals surface area (Å²) in [6.45, 7) is 1.84.